The first-order valence-corrected chi connectivity index (χ1v) is 13.8. The second kappa shape index (κ2) is 10.5. The molecule has 1 aromatic heterocycles. The Bertz CT molecular complexity index is 1660. The summed E-state index contributed by atoms with van der Waals surface area (Å²) in [6.07, 6.45) is -0.705. The molecule has 2 aliphatic rings. The normalized spacial score (nSPS) is 21.0. The number of carboxylic acid groups (broad SMARTS) is 1. The van der Waals surface area contributed by atoms with E-state index in [1.165, 1.54) is 40.8 Å². The number of halogens is 2. The number of aromatic nitrogens is 1. The SMILES string of the molecule is Cc1cccc(C)c1-c1cc(F)c(F)c([C@H](CC(=O)O)NC(=O)[C@@H]2[C@@H]3C(CN2C(=O)c2cccc(=O)n2C)C3(C)C)c1. The number of likely N-dealkylation sites (tertiary alicyclic amines) is 1. The predicted molar refractivity (Wildman–Crippen MR) is 152 cm³/mol. The Balaban J connectivity index is 1.52. The van der Waals surface area contributed by atoms with E-state index in [9.17, 15) is 24.3 Å². The van der Waals surface area contributed by atoms with E-state index >= 15 is 8.78 Å². The minimum atomic E-state index is -1.41. The third kappa shape index (κ3) is 4.88. The fraction of sp³-hybridized carbons (Fsp3) is 0.375. The van der Waals surface area contributed by atoms with Crippen molar-refractivity contribution in [2.24, 2.45) is 24.3 Å². The smallest absolute Gasteiger partial charge is 0.305 e. The quantitative estimate of drug-likeness (QED) is 0.434. The van der Waals surface area contributed by atoms with E-state index in [1.54, 1.807) is 0 Å². The number of rotatable bonds is 7. The highest BCUT2D eigenvalue weighted by Crippen LogP contribution is 2.65. The summed E-state index contributed by atoms with van der Waals surface area (Å²) in [6.45, 7) is 7.91. The molecule has 220 valence electrons. The van der Waals surface area contributed by atoms with Gasteiger partial charge in [0.2, 0.25) is 5.91 Å². The summed E-state index contributed by atoms with van der Waals surface area (Å²) in [6, 6.07) is 9.84. The van der Waals surface area contributed by atoms with Crippen molar-refractivity contribution in [1.82, 2.24) is 14.8 Å². The zero-order valence-electron chi connectivity index (χ0n) is 24.1. The average molecular weight is 578 g/mol. The van der Waals surface area contributed by atoms with E-state index in [-0.39, 0.29) is 40.6 Å². The van der Waals surface area contributed by atoms with Crippen molar-refractivity contribution < 1.29 is 28.3 Å². The molecule has 1 aliphatic carbocycles. The fourth-order valence-corrected chi connectivity index (χ4v) is 6.67. The average Bonchev–Trinajstić information content (AvgIpc) is 3.23. The minimum absolute atomic E-state index is 0.0115. The van der Waals surface area contributed by atoms with Crippen molar-refractivity contribution in [1.29, 1.82) is 0 Å². The van der Waals surface area contributed by atoms with Crippen LogP contribution in [0.1, 0.15) is 53.5 Å². The lowest BCUT2D eigenvalue weighted by molar-refractivity contribution is -0.138. The van der Waals surface area contributed by atoms with Crippen LogP contribution in [0.15, 0.2) is 53.3 Å². The molecular formula is C32H33F2N3O5. The Kier molecular flexibility index (Phi) is 7.28. The van der Waals surface area contributed by atoms with Crippen LogP contribution in [0.4, 0.5) is 8.78 Å². The monoisotopic (exact) mass is 577 g/mol. The lowest BCUT2D eigenvalue weighted by atomic mass is 9.92. The molecule has 0 spiro atoms. The summed E-state index contributed by atoms with van der Waals surface area (Å²) in [4.78, 5) is 53.0. The second-order valence-electron chi connectivity index (χ2n) is 12.0. The van der Waals surface area contributed by atoms with Gasteiger partial charge in [-0.05, 0) is 71.6 Å². The lowest BCUT2D eigenvalue weighted by Gasteiger charge is -2.32. The van der Waals surface area contributed by atoms with Gasteiger partial charge in [-0.25, -0.2) is 8.78 Å². The summed E-state index contributed by atoms with van der Waals surface area (Å²) in [7, 11) is 1.47. The van der Waals surface area contributed by atoms with Crippen molar-refractivity contribution >= 4 is 17.8 Å². The van der Waals surface area contributed by atoms with Gasteiger partial charge in [-0.3, -0.25) is 19.2 Å². The van der Waals surface area contributed by atoms with Crippen LogP contribution in [0.5, 0.6) is 0 Å². The van der Waals surface area contributed by atoms with Gasteiger partial charge in [0.05, 0.1) is 12.5 Å². The summed E-state index contributed by atoms with van der Waals surface area (Å²) >= 11 is 0. The number of carboxylic acids is 1. The van der Waals surface area contributed by atoms with Crippen LogP contribution in [0.2, 0.25) is 0 Å². The van der Waals surface area contributed by atoms with Gasteiger partial charge < -0.3 is 19.9 Å². The van der Waals surface area contributed by atoms with Gasteiger partial charge in [0, 0.05) is 25.2 Å². The van der Waals surface area contributed by atoms with Crippen LogP contribution in [0.25, 0.3) is 11.1 Å². The Morgan fingerprint density at radius 1 is 1.07 bits per heavy atom. The molecule has 8 nitrogen and oxygen atoms in total. The molecule has 3 aromatic rings. The van der Waals surface area contributed by atoms with Crippen LogP contribution < -0.4 is 10.9 Å². The number of nitrogens with one attached hydrogen (secondary N) is 1. The van der Waals surface area contributed by atoms with Crippen LogP contribution in [-0.2, 0) is 16.6 Å². The van der Waals surface area contributed by atoms with Gasteiger partial charge in [0.15, 0.2) is 11.6 Å². The zero-order chi connectivity index (χ0) is 30.7. The van der Waals surface area contributed by atoms with Crippen molar-refractivity contribution in [3.8, 4) is 11.1 Å². The number of amides is 2. The van der Waals surface area contributed by atoms with Crippen molar-refractivity contribution in [3.05, 3.63) is 92.9 Å². The topological polar surface area (TPSA) is 109 Å². The van der Waals surface area contributed by atoms with E-state index in [2.05, 4.69) is 5.32 Å². The third-order valence-electron chi connectivity index (χ3n) is 9.04. The van der Waals surface area contributed by atoms with E-state index < -0.39 is 47.9 Å². The summed E-state index contributed by atoms with van der Waals surface area (Å²) in [5.41, 5.74) is 1.85. The zero-order valence-corrected chi connectivity index (χ0v) is 24.1. The molecule has 1 unspecified atom stereocenters. The number of fused-ring (bicyclic) bond motifs is 1. The summed E-state index contributed by atoms with van der Waals surface area (Å²) in [5.74, 6) is -5.12. The molecule has 5 rings (SSSR count). The first kappa shape index (κ1) is 29.2. The molecule has 4 atom stereocenters. The largest absolute Gasteiger partial charge is 0.481 e. The molecule has 10 heteroatoms. The minimum Gasteiger partial charge on any atom is -0.481 e. The molecule has 42 heavy (non-hydrogen) atoms. The predicted octanol–water partition coefficient (Wildman–Crippen LogP) is 4.38. The first-order chi connectivity index (χ1) is 19.7. The molecule has 2 amide bonds. The van der Waals surface area contributed by atoms with E-state index in [1.807, 2.05) is 45.9 Å². The van der Waals surface area contributed by atoms with E-state index in [0.29, 0.717) is 11.1 Å². The highest BCUT2D eigenvalue weighted by Gasteiger charge is 2.69. The summed E-state index contributed by atoms with van der Waals surface area (Å²) < 4.78 is 31.5. The third-order valence-corrected chi connectivity index (χ3v) is 9.04. The maximum Gasteiger partial charge on any atom is 0.305 e. The Labute approximate surface area is 242 Å². The van der Waals surface area contributed by atoms with Gasteiger partial charge in [-0.15, -0.1) is 0 Å². The van der Waals surface area contributed by atoms with Crippen molar-refractivity contribution in [2.75, 3.05) is 6.54 Å². The summed E-state index contributed by atoms with van der Waals surface area (Å²) in [5, 5.41) is 12.3. The number of pyridine rings is 1. The number of carbonyl (C=O) groups is 3. The number of nitrogens with zero attached hydrogens (tertiary/aromatic N) is 2. The second-order valence-corrected chi connectivity index (χ2v) is 12.0. The molecule has 2 fully saturated rings. The van der Waals surface area contributed by atoms with Crippen molar-refractivity contribution in [3.63, 3.8) is 0 Å². The molecule has 0 radical (unpaired) electrons. The van der Waals surface area contributed by atoms with Gasteiger partial charge >= 0.3 is 5.97 Å². The molecule has 2 N–H and O–H groups in total. The van der Waals surface area contributed by atoms with Gasteiger partial charge in [0.25, 0.3) is 11.5 Å². The lowest BCUT2D eigenvalue weighted by Crippen LogP contribution is -2.51. The van der Waals surface area contributed by atoms with Crippen LogP contribution in [0.3, 0.4) is 0 Å². The highest BCUT2D eigenvalue weighted by molar-refractivity contribution is 5.97. The standard InChI is InChI=1S/C32H33F2N3O5/c1-16-8-6-9-17(2)26(16)18-12-19(28(34)21(33)13-18)22(14-25(39)40)35-30(41)29-27-20(32(27,3)4)15-37(29)31(42)23-10-7-11-24(38)36(23)5/h6-13,20,22,27,29H,14-15H2,1-5H3,(H,35,41)(H,39,40)/t20?,22-,27-,29-/m0/s1. The number of aryl methyl sites for hydroxylation is 2. The first-order valence-electron chi connectivity index (χ1n) is 13.8. The number of hydrogen-bond donors (Lipinski definition) is 2. The molecule has 0 bridgehead atoms. The van der Waals surface area contributed by atoms with Crippen molar-refractivity contribution in [2.45, 2.75) is 46.2 Å². The maximum atomic E-state index is 15.3. The van der Waals surface area contributed by atoms with Gasteiger partial charge in [0.1, 0.15) is 11.7 Å². The Morgan fingerprint density at radius 2 is 1.71 bits per heavy atom. The van der Waals surface area contributed by atoms with Crippen LogP contribution in [-0.4, -0.2) is 44.9 Å². The Morgan fingerprint density at radius 3 is 2.36 bits per heavy atom. The highest BCUT2D eigenvalue weighted by atomic mass is 19.2. The number of benzene rings is 2. The van der Waals surface area contributed by atoms with E-state index in [0.717, 1.165) is 17.2 Å². The molecule has 2 aromatic carbocycles. The maximum absolute atomic E-state index is 15.3. The fourth-order valence-electron chi connectivity index (χ4n) is 6.67. The number of aliphatic carboxylic acids is 1. The Hall–Kier alpha value is -4.34. The van der Waals surface area contributed by atoms with E-state index in [4.69, 9.17) is 0 Å². The van der Waals surface area contributed by atoms with Gasteiger partial charge in [-0.2, -0.15) is 0 Å². The van der Waals surface area contributed by atoms with Crippen LogP contribution in [0, 0.1) is 42.7 Å². The molecule has 1 aliphatic heterocycles. The molecule has 1 saturated carbocycles. The number of hydrogen-bond acceptors (Lipinski definition) is 4. The number of piperidine rings is 1. The molecular weight excluding hydrogens is 544 g/mol. The molecule has 2 heterocycles. The number of carbonyl (C=O) groups excluding carboxylic acids is 2. The molecule has 1 saturated heterocycles. The van der Waals surface area contributed by atoms with Crippen LogP contribution >= 0.6 is 0 Å². The van der Waals surface area contributed by atoms with Gasteiger partial charge in [-0.1, -0.05) is 38.1 Å².